The van der Waals surface area contributed by atoms with Gasteiger partial charge < -0.3 is 10.1 Å². The molecular weight excluding hydrogens is 260 g/mol. The van der Waals surface area contributed by atoms with Gasteiger partial charge in [-0.1, -0.05) is 13.0 Å². The maximum absolute atomic E-state index is 5.85. The molecule has 0 aliphatic carbocycles. The van der Waals surface area contributed by atoms with Crippen LogP contribution in [0.4, 0.5) is 0 Å². The Morgan fingerprint density at radius 2 is 1.86 bits per heavy atom. The predicted molar refractivity (Wildman–Crippen MR) is 86.9 cm³/mol. The molecule has 0 spiro atoms. The van der Waals surface area contributed by atoms with Gasteiger partial charge in [-0.3, -0.25) is 4.98 Å². The zero-order valence-corrected chi connectivity index (χ0v) is 13.3. The molecule has 2 rings (SSSR count). The summed E-state index contributed by atoms with van der Waals surface area (Å²) < 4.78 is 5.85. The first-order chi connectivity index (χ1) is 10.1. The van der Waals surface area contributed by atoms with Gasteiger partial charge in [-0.2, -0.15) is 0 Å². The molecule has 0 radical (unpaired) electrons. The number of hydrogen-bond donors (Lipinski definition) is 1. The van der Waals surface area contributed by atoms with Crippen LogP contribution in [-0.2, 0) is 0 Å². The summed E-state index contributed by atoms with van der Waals surface area (Å²) in [5, 5.41) is 3.43. The molecule has 2 aromatic rings. The number of ether oxygens (including phenoxy) is 1. The Hall–Kier alpha value is -1.87. The summed E-state index contributed by atoms with van der Waals surface area (Å²) in [5.74, 6) is 1.62. The van der Waals surface area contributed by atoms with Crippen LogP contribution in [0.1, 0.15) is 43.1 Å². The van der Waals surface area contributed by atoms with Gasteiger partial charge >= 0.3 is 0 Å². The Labute approximate surface area is 127 Å². The summed E-state index contributed by atoms with van der Waals surface area (Å²) in [7, 11) is 0. The lowest BCUT2D eigenvalue weighted by atomic mass is 10.1. The second-order valence-corrected chi connectivity index (χ2v) is 5.44. The Morgan fingerprint density at radius 3 is 2.48 bits per heavy atom. The van der Waals surface area contributed by atoms with Crippen LogP contribution in [0.15, 0.2) is 36.5 Å². The second-order valence-electron chi connectivity index (χ2n) is 5.44. The molecular formula is C18H24N2O. The molecule has 21 heavy (non-hydrogen) atoms. The minimum absolute atomic E-state index is 0.264. The van der Waals surface area contributed by atoms with Gasteiger partial charge in [0.2, 0.25) is 0 Å². The second kappa shape index (κ2) is 7.23. The van der Waals surface area contributed by atoms with Crippen molar-refractivity contribution in [1.82, 2.24) is 10.3 Å². The number of aromatic nitrogens is 1. The SMILES string of the molecule is CCCNC(C)c1ccc(Oc2ccc(C)c(C)c2)cn1. The van der Waals surface area contributed by atoms with E-state index >= 15 is 0 Å². The first kappa shape index (κ1) is 15.5. The fraction of sp³-hybridized carbons (Fsp3) is 0.389. The van der Waals surface area contributed by atoms with Gasteiger partial charge in [0.25, 0.3) is 0 Å². The third kappa shape index (κ3) is 4.30. The lowest BCUT2D eigenvalue weighted by Gasteiger charge is -2.13. The van der Waals surface area contributed by atoms with Gasteiger partial charge in [0.05, 0.1) is 11.9 Å². The summed E-state index contributed by atoms with van der Waals surface area (Å²) in [4.78, 5) is 4.48. The first-order valence-electron chi connectivity index (χ1n) is 7.54. The molecule has 0 saturated carbocycles. The molecule has 0 aliphatic heterocycles. The Bertz CT molecular complexity index is 578. The van der Waals surface area contributed by atoms with Crippen molar-refractivity contribution >= 4 is 0 Å². The molecule has 1 aromatic carbocycles. The van der Waals surface area contributed by atoms with Gasteiger partial charge in [0.15, 0.2) is 0 Å². The van der Waals surface area contributed by atoms with Crippen LogP contribution in [0.25, 0.3) is 0 Å². The third-order valence-corrected chi connectivity index (χ3v) is 3.62. The number of nitrogens with zero attached hydrogens (tertiary/aromatic N) is 1. The van der Waals surface area contributed by atoms with E-state index in [2.05, 4.69) is 50.1 Å². The van der Waals surface area contributed by atoms with Crippen LogP contribution in [-0.4, -0.2) is 11.5 Å². The van der Waals surface area contributed by atoms with Crippen molar-refractivity contribution in [2.24, 2.45) is 0 Å². The average Bonchev–Trinajstić information content (AvgIpc) is 2.49. The van der Waals surface area contributed by atoms with Gasteiger partial charge in [-0.25, -0.2) is 0 Å². The maximum Gasteiger partial charge on any atom is 0.145 e. The molecule has 1 atom stereocenters. The molecule has 3 heteroatoms. The van der Waals surface area contributed by atoms with E-state index in [0.717, 1.165) is 30.2 Å². The van der Waals surface area contributed by atoms with Crippen LogP contribution in [0.2, 0.25) is 0 Å². The molecule has 0 saturated heterocycles. The van der Waals surface area contributed by atoms with Crippen LogP contribution in [0.3, 0.4) is 0 Å². The smallest absolute Gasteiger partial charge is 0.145 e. The van der Waals surface area contributed by atoms with E-state index in [4.69, 9.17) is 4.74 Å². The molecule has 0 amide bonds. The minimum Gasteiger partial charge on any atom is -0.456 e. The lowest BCUT2D eigenvalue weighted by molar-refractivity contribution is 0.477. The van der Waals surface area contributed by atoms with Crippen molar-refractivity contribution in [2.75, 3.05) is 6.54 Å². The Balaban J connectivity index is 2.03. The van der Waals surface area contributed by atoms with Crippen molar-refractivity contribution in [3.8, 4) is 11.5 Å². The van der Waals surface area contributed by atoms with E-state index in [9.17, 15) is 0 Å². The van der Waals surface area contributed by atoms with Gasteiger partial charge in [-0.15, -0.1) is 0 Å². The van der Waals surface area contributed by atoms with E-state index in [0.29, 0.717) is 0 Å². The molecule has 1 N–H and O–H groups in total. The molecule has 3 nitrogen and oxygen atoms in total. The normalized spacial score (nSPS) is 12.2. The fourth-order valence-corrected chi connectivity index (χ4v) is 2.09. The number of pyridine rings is 1. The topological polar surface area (TPSA) is 34.1 Å². The van der Waals surface area contributed by atoms with Crippen LogP contribution in [0, 0.1) is 13.8 Å². The summed E-state index contributed by atoms with van der Waals surface area (Å²) in [6.07, 6.45) is 2.91. The highest BCUT2D eigenvalue weighted by Gasteiger charge is 2.06. The molecule has 0 aliphatic rings. The summed E-state index contributed by atoms with van der Waals surface area (Å²) >= 11 is 0. The van der Waals surface area contributed by atoms with E-state index in [1.54, 1.807) is 6.20 Å². The fourth-order valence-electron chi connectivity index (χ4n) is 2.09. The number of benzene rings is 1. The number of hydrogen-bond acceptors (Lipinski definition) is 3. The van der Waals surface area contributed by atoms with Gasteiger partial charge in [-0.05, 0) is 69.1 Å². The summed E-state index contributed by atoms with van der Waals surface area (Å²) in [6, 6.07) is 10.4. The largest absolute Gasteiger partial charge is 0.456 e. The maximum atomic E-state index is 5.85. The van der Waals surface area contributed by atoms with Crippen molar-refractivity contribution in [3.63, 3.8) is 0 Å². The first-order valence-corrected chi connectivity index (χ1v) is 7.54. The zero-order chi connectivity index (χ0) is 15.2. The van der Waals surface area contributed by atoms with Crippen molar-refractivity contribution < 1.29 is 4.74 Å². The Kier molecular flexibility index (Phi) is 5.34. The highest BCUT2D eigenvalue weighted by atomic mass is 16.5. The highest BCUT2D eigenvalue weighted by Crippen LogP contribution is 2.23. The van der Waals surface area contributed by atoms with Gasteiger partial charge in [0.1, 0.15) is 11.5 Å². The highest BCUT2D eigenvalue weighted by molar-refractivity contribution is 5.36. The van der Waals surface area contributed by atoms with E-state index < -0.39 is 0 Å². The zero-order valence-electron chi connectivity index (χ0n) is 13.3. The Morgan fingerprint density at radius 1 is 1.10 bits per heavy atom. The van der Waals surface area contributed by atoms with Crippen LogP contribution < -0.4 is 10.1 Å². The van der Waals surface area contributed by atoms with Crippen molar-refractivity contribution in [2.45, 2.75) is 40.2 Å². The van der Waals surface area contributed by atoms with E-state index in [1.807, 2.05) is 18.2 Å². The standard InChI is InChI=1S/C18H24N2O/c1-5-10-19-15(4)18-9-8-17(12-20-18)21-16-7-6-13(2)14(3)11-16/h6-9,11-12,15,19H,5,10H2,1-4H3. The average molecular weight is 284 g/mol. The molecule has 1 unspecified atom stereocenters. The summed E-state index contributed by atoms with van der Waals surface area (Å²) in [6.45, 7) is 9.48. The van der Waals surface area contributed by atoms with E-state index in [-0.39, 0.29) is 6.04 Å². The monoisotopic (exact) mass is 284 g/mol. The molecule has 112 valence electrons. The lowest BCUT2D eigenvalue weighted by Crippen LogP contribution is -2.20. The molecule has 0 bridgehead atoms. The molecule has 1 aromatic heterocycles. The number of rotatable bonds is 6. The summed E-state index contributed by atoms with van der Waals surface area (Å²) in [5.41, 5.74) is 3.54. The van der Waals surface area contributed by atoms with Crippen molar-refractivity contribution in [3.05, 3.63) is 53.3 Å². The number of aryl methyl sites for hydroxylation is 2. The predicted octanol–water partition coefficient (Wildman–Crippen LogP) is 4.55. The quantitative estimate of drug-likeness (QED) is 0.845. The molecule has 1 heterocycles. The number of nitrogens with one attached hydrogen (secondary N) is 1. The van der Waals surface area contributed by atoms with Crippen molar-refractivity contribution in [1.29, 1.82) is 0 Å². The van der Waals surface area contributed by atoms with Crippen LogP contribution in [0.5, 0.6) is 11.5 Å². The van der Waals surface area contributed by atoms with Gasteiger partial charge in [0, 0.05) is 6.04 Å². The minimum atomic E-state index is 0.264. The molecule has 0 fully saturated rings. The third-order valence-electron chi connectivity index (χ3n) is 3.62. The van der Waals surface area contributed by atoms with Crippen LogP contribution >= 0.6 is 0 Å². The van der Waals surface area contributed by atoms with E-state index in [1.165, 1.54) is 11.1 Å².